The molecular weight excluding hydrogens is 582 g/mol. The Morgan fingerprint density at radius 2 is 1.58 bits per heavy atom. The van der Waals surface area contributed by atoms with Crippen LogP contribution in [0.5, 0.6) is 0 Å². The second-order valence-electron chi connectivity index (χ2n) is 14.5. The lowest BCUT2D eigenvalue weighted by atomic mass is 9.71. The Hall–Kier alpha value is -3.43. The van der Waals surface area contributed by atoms with E-state index in [-0.39, 0.29) is 53.6 Å². The van der Waals surface area contributed by atoms with Crippen LogP contribution in [0.3, 0.4) is 0 Å². The van der Waals surface area contributed by atoms with E-state index in [9.17, 15) is 14.4 Å². The minimum absolute atomic E-state index is 0.00398. The largest absolute Gasteiger partial charge is 0.456 e. The number of hydrogen-bond acceptors (Lipinski definition) is 5. The molecular formula is C36H49N3O5Si. The fourth-order valence-corrected chi connectivity index (χ4v) is 8.50. The summed E-state index contributed by atoms with van der Waals surface area (Å²) < 4.78 is 12.6. The average molecular weight is 632 g/mol. The van der Waals surface area contributed by atoms with Gasteiger partial charge in [0, 0.05) is 26.6 Å². The highest BCUT2D eigenvalue weighted by atomic mass is 28.4. The molecule has 0 spiro atoms. The molecule has 2 aromatic rings. The van der Waals surface area contributed by atoms with Crippen LogP contribution in [0, 0.1) is 11.8 Å². The minimum atomic E-state index is -2.14. The molecule has 1 aliphatic carbocycles. The normalized spacial score (nSPS) is 23.6. The number of hydrogen-bond donors (Lipinski definition) is 0. The molecule has 1 saturated heterocycles. The Morgan fingerprint density at radius 3 is 2.18 bits per heavy atom. The quantitative estimate of drug-likeness (QED) is 0.177. The molecule has 0 radical (unpaired) electrons. The van der Waals surface area contributed by atoms with E-state index in [0.717, 1.165) is 36.0 Å². The number of esters is 1. The predicted molar refractivity (Wildman–Crippen MR) is 177 cm³/mol. The van der Waals surface area contributed by atoms with Gasteiger partial charge >= 0.3 is 12.0 Å². The molecule has 1 unspecified atom stereocenters. The first-order valence-electron chi connectivity index (χ1n) is 16.2. The molecule has 2 heterocycles. The number of β-lactam (4-membered cyclic amide) rings is 1. The Labute approximate surface area is 269 Å². The van der Waals surface area contributed by atoms with Gasteiger partial charge < -0.3 is 23.9 Å². The monoisotopic (exact) mass is 631 g/mol. The van der Waals surface area contributed by atoms with Gasteiger partial charge in [-0.1, -0.05) is 87.9 Å². The highest BCUT2D eigenvalue weighted by Crippen LogP contribution is 2.54. The summed E-state index contributed by atoms with van der Waals surface area (Å²) in [5, 5.41) is 0.00398. The minimum Gasteiger partial charge on any atom is -0.456 e. The highest BCUT2D eigenvalue weighted by Gasteiger charge is 2.63. The summed E-state index contributed by atoms with van der Waals surface area (Å²) in [6, 6.07) is 18.8. The zero-order valence-electron chi connectivity index (χ0n) is 28.1. The molecule has 2 aliphatic heterocycles. The molecule has 1 saturated carbocycles. The number of rotatable bonds is 9. The topological polar surface area (TPSA) is 79.4 Å². The lowest BCUT2D eigenvalue weighted by molar-refractivity contribution is -0.164. The number of urea groups is 1. The van der Waals surface area contributed by atoms with Crippen LogP contribution in [0.25, 0.3) is 0 Å². The molecule has 3 amide bonds. The second kappa shape index (κ2) is 12.8. The van der Waals surface area contributed by atoms with Crippen LogP contribution < -0.4 is 0 Å². The Morgan fingerprint density at radius 1 is 0.978 bits per heavy atom. The molecule has 45 heavy (non-hydrogen) atoms. The third-order valence-electron chi connectivity index (χ3n) is 10.4. The molecule has 5 rings (SSSR count). The Balaban J connectivity index is 1.45. The van der Waals surface area contributed by atoms with Gasteiger partial charge in [0.15, 0.2) is 8.32 Å². The zero-order valence-corrected chi connectivity index (χ0v) is 29.1. The lowest BCUT2D eigenvalue weighted by Gasteiger charge is -2.51. The molecule has 3 aliphatic rings. The number of carbonyl (C=O) groups is 3. The van der Waals surface area contributed by atoms with Gasteiger partial charge in [-0.25, -0.2) is 9.59 Å². The van der Waals surface area contributed by atoms with Crippen molar-refractivity contribution >= 4 is 26.2 Å². The van der Waals surface area contributed by atoms with Crippen LogP contribution in [0.15, 0.2) is 71.9 Å². The summed E-state index contributed by atoms with van der Waals surface area (Å²) in [6.45, 7) is 13.6. The summed E-state index contributed by atoms with van der Waals surface area (Å²) in [4.78, 5) is 46.9. The lowest BCUT2D eigenvalue weighted by Crippen LogP contribution is -2.65. The van der Waals surface area contributed by atoms with Crippen LogP contribution >= 0.6 is 0 Å². The number of ether oxygens (including phenoxy) is 1. The standard InChI is InChI=1S/C36H49N3O5Si/c1-24(44-45(7,8)36(2,3)4)29-31-27-20-15-21-28(38(6)35(42)37(5)22-25-16-11-9-12-17-25)30(27)32(39(31)33(29)40)34(41)43-23-26-18-13-10-14-19-26/h9-14,16-19,24,27-29,31H,15,20-23H2,1-8H3/t24?,27-,28-,29+,31+/m0/s1. The van der Waals surface area contributed by atoms with E-state index in [1.807, 2.05) is 74.6 Å². The van der Waals surface area contributed by atoms with Crippen LogP contribution in [0.4, 0.5) is 4.79 Å². The van der Waals surface area contributed by atoms with Gasteiger partial charge in [-0.15, -0.1) is 0 Å². The predicted octanol–water partition coefficient (Wildman–Crippen LogP) is 6.59. The highest BCUT2D eigenvalue weighted by molar-refractivity contribution is 6.74. The smallest absolute Gasteiger partial charge is 0.355 e. The molecule has 242 valence electrons. The number of likely N-dealkylation sites (N-methyl/N-ethyl adjacent to an activating group) is 1. The van der Waals surface area contributed by atoms with Crippen molar-refractivity contribution in [3.63, 3.8) is 0 Å². The van der Waals surface area contributed by atoms with Gasteiger partial charge in [-0.2, -0.15) is 0 Å². The third kappa shape index (κ3) is 6.34. The number of fused-ring (bicyclic) bond motifs is 3. The van der Waals surface area contributed by atoms with Gasteiger partial charge in [0.25, 0.3) is 0 Å². The van der Waals surface area contributed by atoms with Gasteiger partial charge in [0.1, 0.15) is 12.3 Å². The van der Waals surface area contributed by atoms with E-state index in [1.54, 1.807) is 21.7 Å². The summed E-state index contributed by atoms with van der Waals surface area (Å²) in [6.07, 6.45) is 2.19. The molecule has 2 fully saturated rings. The maximum atomic E-state index is 14.0. The van der Waals surface area contributed by atoms with Crippen molar-refractivity contribution < 1.29 is 23.5 Å². The van der Waals surface area contributed by atoms with E-state index >= 15 is 0 Å². The number of amides is 3. The molecule has 8 nitrogen and oxygen atoms in total. The van der Waals surface area contributed by atoms with Gasteiger partial charge in [-0.3, -0.25) is 4.79 Å². The summed E-state index contributed by atoms with van der Waals surface area (Å²) >= 11 is 0. The van der Waals surface area contributed by atoms with E-state index in [1.165, 1.54) is 0 Å². The average Bonchev–Trinajstić information content (AvgIpc) is 3.30. The van der Waals surface area contributed by atoms with Crippen molar-refractivity contribution in [2.45, 2.75) is 96.4 Å². The number of nitrogens with zero attached hydrogens (tertiary/aromatic N) is 3. The summed E-state index contributed by atoms with van der Waals surface area (Å²) in [7, 11) is 1.47. The van der Waals surface area contributed by atoms with Crippen LogP contribution in [0.1, 0.15) is 58.1 Å². The van der Waals surface area contributed by atoms with Crippen molar-refractivity contribution in [2.75, 3.05) is 14.1 Å². The van der Waals surface area contributed by atoms with Crippen LogP contribution in [-0.4, -0.2) is 73.2 Å². The molecule has 0 aromatic heterocycles. The van der Waals surface area contributed by atoms with Crippen molar-refractivity contribution in [3.8, 4) is 0 Å². The molecule has 5 atom stereocenters. The zero-order chi connectivity index (χ0) is 32.7. The maximum Gasteiger partial charge on any atom is 0.355 e. The summed E-state index contributed by atoms with van der Waals surface area (Å²) in [5.74, 6) is -0.977. The van der Waals surface area contributed by atoms with E-state index in [4.69, 9.17) is 9.16 Å². The fraction of sp³-hybridized carbons (Fsp3) is 0.528. The van der Waals surface area contributed by atoms with Gasteiger partial charge in [0.05, 0.1) is 24.1 Å². The second-order valence-corrected chi connectivity index (χ2v) is 19.2. The Kier molecular flexibility index (Phi) is 9.34. The first kappa shape index (κ1) is 32.9. The third-order valence-corrected chi connectivity index (χ3v) is 15.0. The van der Waals surface area contributed by atoms with Crippen LogP contribution in [-0.2, 0) is 31.9 Å². The van der Waals surface area contributed by atoms with Gasteiger partial charge in [0.2, 0.25) is 5.91 Å². The van der Waals surface area contributed by atoms with E-state index in [2.05, 4.69) is 33.9 Å². The Bertz CT molecular complexity index is 1440. The SMILES string of the molecule is CC(O[Si](C)(C)C(C)(C)C)[C@H]1C(=O)N2C(C(=O)OCc3ccccc3)=C3[C@H](CCC[C@@H]3N(C)C(=O)N(C)Cc3ccccc3)[C@H]12. The van der Waals surface area contributed by atoms with Crippen molar-refractivity contribution in [2.24, 2.45) is 11.8 Å². The van der Waals surface area contributed by atoms with Crippen molar-refractivity contribution in [1.82, 2.24) is 14.7 Å². The van der Waals surface area contributed by atoms with Crippen LogP contribution in [0.2, 0.25) is 18.1 Å². The molecule has 0 bridgehead atoms. The first-order chi connectivity index (χ1) is 21.2. The van der Waals surface area contributed by atoms with Crippen molar-refractivity contribution in [1.29, 1.82) is 0 Å². The number of carbonyl (C=O) groups excluding carboxylic acids is 3. The molecule has 2 aromatic carbocycles. The molecule has 0 N–H and O–H groups in total. The van der Waals surface area contributed by atoms with Crippen molar-refractivity contribution in [3.05, 3.63) is 83.1 Å². The fourth-order valence-electron chi connectivity index (χ4n) is 7.07. The summed E-state index contributed by atoms with van der Waals surface area (Å²) in [5.41, 5.74) is 3.11. The first-order valence-corrected chi connectivity index (χ1v) is 19.1. The number of benzene rings is 2. The van der Waals surface area contributed by atoms with Gasteiger partial charge in [-0.05, 0) is 54.6 Å². The van der Waals surface area contributed by atoms with E-state index < -0.39 is 14.3 Å². The maximum absolute atomic E-state index is 14.0. The molecule has 9 heteroatoms. The van der Waals surface area contributed by atoms with E-state index in [0.29, 0.717) is 12.2 Å².